The van der Waals surface area contributed by atoms with Crippen molar-refractivity contribution in [3.63, 3.8) is 0 Å². The first-order chi connectivity index (χ1) is 8.52. The van der Waals surface area contributed by atoms with Gasteiger partial charge < -0.3 is 15.9 Å². The molecular formula is C10H20N2O6. The van der Waals surface area contributed by atoms with Crippen molar-refractivity contribution in [2.45, 2.75) is 25.3 Å². The van der Waals surface area contributed by atoms with Crippen molar-refractivity contribution in [2.24, 2.45) is 5.73 Å². The summed E-state index contributed by atoms with van der Waals surface area (Å²) in [6.45, 7) is -0.0652. The molecule has 0 spiro atoms. The van der Waals surface area contributed by atoms with Gasteiger partial charge >= 0.3 is 11.9 Å². The maximum Gasteiger partial charge on any atom is 0.320 e. The first-order valence-electron chi connectivity index (χ1n) is 5.68. The Labute approximate surface area is 105 Å². The van der Waals surface area contributed by atoms with Gasteiger partial charge in [-0.3, -0.25) is 19.7 Å². The number of nitrogens with two attached hydrogens (primary N) is 1. The Kier molecular flexibility index (Phi) is 9.11. The highest BCUT2D eigenvalue weighted by molar-refractivity contribution is 5.75. The van der Waals surface area contributed by atoms with Crippen molar-refractivity contribution in [2.75, 3.05) is 26.2 Å². The molecule has 0 amide bonds. The number of carbonyl (C=O) groups is 2. The van der Waals surface area contributed by atoms with E-state index in [4.69, 9.17) is 21.2 Å². The summed E-state index contributed by atoms with van der Waals surface area (Å²) in [5.41, 5.74) is 5.32. The van der Waals surface area contributed by atoms with Gasteiger partial charge in [-0.1, -0.05) is 6.42 Å². The van der Waals surface area contributed by atoms with Crippen LogP contribution in [-0.2, 0) is 14.5 Å². The van der Waals surface area contributed by atoms with Crippen LogP contribution in [0.1, 0.15) is 19.3 Å². The molecule has 0 bridgehead atoms. The molecule has 1 atom stereocenters. The fourth-order valence-corrected chi connectivity index (χ4v) is 1.62. The largest absolute Gasteiger partial charge is 0.480 e. The molecule has 0 heterocycles. The molecule has 0 aromatic heterocycles. The lowest BCUT2D eigenvalue weighted by Crippen LogP contribution is -2.45. The van der Waals surface area contributed by atoms with Crippen LogP contribution < -0.4 is 5.73 Å². The summed E-state index contributed by atoms with van der Waals surface area (Å²) >= 11 is 0. The quantitative estimate of drug-likeness (QED) is 0.222. The first kappa shape index (κ1) is 16.8. The summed E-state index contributed by atoms with van der Waals surface area (Å²) < 4.78 is 0. The summed E-state index contributed by atoms with van der Waals surface area (Å²) in [4.78, 5) is 26.9. The molecule has 18 heavy (non-hydrogen) atoms. The third-order valence-corrected chi connectivity index (χ3v) is 2.47. The highest BCUT2D eigenvalue weighted by Gasteiger charge is 2.26. The minimum absolute atomic E-state index is 0.0302. The van der Waals surface area contributed by atoms with Gasteiger partial charge in [-0.05, 0) is 19.4 Å². The van der Waals surface area contributed by atoms with Crippen LogP contribution in [0.2, 0.25) is 0 Å². The molecule has 0 fully saturated rings. The number of nitrogens with zero attached hydrogens (tertiary/aromatic N) is 1. The lowest BCUT2D eigenvalue weighted by Gasteiger charge is -2.26. The third kappa shape index (κ3) is 7.17. The lowest BCUT2D eigenvalue weighted by atomic mass is 10.1. The fourth-order valence-electron chi connectivity index (χ4n) is 1.62. The van der Waals surface area contributed by atoms with Gasteiger partial charge in [0.15, 0.2) is 0 Å². The Morgan fingerprint density at radius 1 is 1.28 bits per heavy atom. The second-order valence-corrected chi connectivity index (χ2v) is 3.84. The summed E-state index contributed by atoms with van der Waals surface area (Å²) in [5, 5.41) is 26.1. The predicted octanol–water partition coefficient (Wildman–Crippen LogP) is -0.555. The number of aliphatic carboxylic acids is 2. The topological polar surface area (TPSA) is 133 Å². The van der Waals surface area contributed by atoms with Crippen molar-refractivity contribution < 1.29 is 29.9 Å². The van der Waals surface area contributed by atoms with Crippen molar-refractivity contribution in [1.29, 1.82) is 0 Å². The van der Waals surface area contributed by atoms with E-state index in [1.807, 2.05) is 0 Å². The van der Waals surface area contributed by atoms with E-state index in [1.165, 1.54) is 4.90 Å². The monoisotopic (exact) mass is 264 g/mol. The molecule has 0 aliphatic carbocycles. The van der Waals surface area contributed by atoms with Crippen LogP contribution in [0.5, 0.6) is 0 Å². The van der Waals surface area contributed by atoms with Crippen molar-refractivity contribution in [1.82, 2.24) is 4.90 Å². The number of carboxylic acids is 2. The Hall–Kier alpha value is -1.22. The van der Waals surface area contributed by atoms with Crippen LogP contribution in [-0.4, -0.2) is 64.6 Å². The molecule has 0 aliphatic heterocycles. The zero-order valence-electron chi connectivity index (χ0n) is 10.1. The van der Waals surface area contributed by atoms with Crippen LogP contribution in [0.4, 0.5) is 0 Å². The number of unbranched alkanes of at least 4 members (excludes halogenated alkanes) is 1. The molecular weight excluding hydrogens is 244 g/mol. The molecule has 0 aromatic rings. The molecule has 106 valence electrons. The van der Waals surface area contributed by atoms with Crippen LogP contribution in [0.3, 0.4) is 0 Å². The van der Waals surface area contributed by atoms with E-state index < -0.39 is 24.5 Å². The van der Waals surface area contributed by atoms with Gasteiger partial charge in [-0.2, -0.15) is 0 Å². The van der Waals surface area contributed by atoms with Crippen LogP contribution in [0.15, 0.2) is 0 Å². The summed E-state index contributed by atoms with van der Waals surface area (Å²) in [6, 6.07) is -0.914. The van der Waals surface area contributed by atoms with E-state index in [2.05, 4.69) is 4.89 Å². The summed E-state index contributed by atoms with van der Waals surface area (Å²) in [7, 11) is 0. The molecule has 8 nitrogen and oxygen atoms in total. The standard InChI is InChI=1S/C10H20N2O6/c11-4-2-1-3-8(10(15)16)12(5-6-18-17)7-9(13)14/h8,17H,1-7,11H2,(H,13,14)(H,15,16). The second kappa shape index (κ2) is 9.77. The first-order valence-corrected chi connectivity index (χ1v) is 5.68. The van der Waals surface area contributed by atoms with Crippen molar-refractivity contribution in [3.05, 3.63) is 0 Å². The Morgan fingerprint density at radius 2 is 1.94 bits per heavy atom. The molecule has 8 heteroatoms. The maximum atomic E-state index is 11.1. The molecule has 0 saturated carbocycles. The van der Waals surface area contributed by atoms with Crippen LogP contribution in [0.25, 0.3) is 0 Å². The van der Waals surface area contributed by atoms with E-state index in [1.54, 1.807) is 0 Å². The minimum Gasteiger partial charge on any atom is -0.480 e. The average molecular weight is 264 g/mol. The average Bonchev–Trinajstić information content (AvgIpc) is 2.29. The maximum absolute atomic E-state index is 11.1. The predicted molar refractivity (Wildman–Crippen MR) is 62.1 cm³/mol. The van der Waals surface area contributed by atoms with Gasteiger partial charge in [-0.25, -0.2) is 4.89 Å². The second-order valence-electron chi connectivity index (χ2n) is 3.84. The van der Waals surface area contributed by atoms with Crippen LogP contribution >= 0.6 is 0 Å². The fraction of sp³-hybridized carbons (Fsp3) is 0.800. The zero-order valence-corrected chi connectivity index (χ0v) is 10.1. The highest BCUT2D eigenvalue weighted by atomic mass is 17.1. The Bertz CT molecular complexity index is 261. The molecule has 1 unspecified atom stereocenters. The van der Waals surface area contributed by atoms with E-state index in [9.17, 15) is 9.59 Å². The molecule has 5 N–H and O–H groups in total. The van der Waals surface area contributed by atoms with Gasteiger partial charge in [0.25, 0.3) is 0 Å². The van der Waals surface area contributed by atoms with E-state index in [-0.39, 0.29) is 13.2 Å². The smallest absolute Gasteiger partial charge is 0.320 e. The number of carboxylic acid groups (broad SMARTS) is 2. The third-order valence-electron chi connectivity index (χ3n) is 2.47. The zero-order chi connectivity index (χ0) is 14.0. The molecule has 0 aliphatic rings. The number of rotatable bonds is 11. The lowest BCUT2D eigenvalue weighted by molar-refractivity contribution is -0.244. The normalized spacial score (nSPS) is 12.6. The van der Waals surface area contributed by atoms with E-state index in [0.29, 0.717) is 25.8 Å². The molecule has 0 aromatic carbocycles. The highest BCUT2D eigenvalue weighted by Crippen LogP contribution is 2.09. The van der Waals surface area contributed by atoms with E-state index >= 15 is 0 Å². The Morgan fingerprint density at radius 3 is 2.39 bits per heavy atom. The minimum atomic E-state index is -1.13. The van der Waals surface area contributed by atoms with Crippen molar-refractivity contribution >= 4 is 11.9 Å². The van der Waals surface area contributed by atoms with Crippen molar-refractivity contribution in [3.8, 4) is 0 Å². The molecule has 0 saturated heterocycles. The number of hydrogen-bond donors (Lipinski definition) is 4. The van der Waals surface area contributed by atoms with Gasteiger partial charge in [0.05, 0.1) is 13.2 Å². The molecule has 0 rings (SSSR count). The SMILES string of the molecule is NCCCCC(C(=O)O)N(CCOO)CC(=O)O. The van der Waals surface area contributed by atoms with Gasteiger partial charge in [0.1, 0.15) is 6.04 Å². The van der Waals surface area contributed by atoms with Gasteiger partial charge in [-0.15, -0.1) is 0 Å². The molecule has 0 radical (unpaired) electrons. The summed E-state index contributed by atoms with van der Waals surface area (Å²) in [6.07, 6.45) is 1.59. The summed E-state index contributed by atoms with van der Waals surface area (Å²) in [5.74, 6) is -2.22. The van der Waals surface area contributed by atoms with Gasteiger partial charge in [0, 0.05) is 6.54 Å². The van der Waals surface area contributed by atoms with E-state index in [0.717, 1.165) is 0 Å². The van der Waals surface area contributed by atoms with Gasteiger partial charge in [0.2, 0.25) is 0 Å². The van der Waals surface area contributed by atoms with Crippen LogP contribution in [0, 0.1) is 0 Å². The Balaban J connectivity index is 4.51. The number of hydrogen-bond acceptors (Lipinski definition) is 6.